The minimum Gasteiger partial charge on any atom is -0.318 e. The Bertz CT molecular complexity index is 91.1. The van der Waals surface area contributed by atoms with Gasteiger partial charge in [-0.1, -0.05) is 6.92 Å². The van der Waals surface area contributed by atoms with Gasteiger partial charge in [0.2, 0.25) is 0 Å². The molecular formula is C8H22N4. The lowest BCUT2D eigenvalue weighted by molar-refractivity contribution is 0.150. The highest BCUT2D eigenvalue weighted by Crippen LogP contribution is 1.90. The van der Waals surface area contributed by atoms with Gasteiger partial charge in [0.05, 0.1) is 6.67 Å². The van der Waals surface area contributed by atoms with Crippen LogP contribution in [0.2, 0.25) is 0 Å². The van der Waals surface area contributed by atoms with Gasteiger partial charge in [-0.05, 0) is 20.5 Å². The first-order chi connectivity index (χ1) is 5.74. The smallest absolute Gasteiger partial charge is 0.0526 e. The Labute approximate surface area is 75.7 Å². The summed E-state index contributed by atoms with van der Waals surface area (Å²) in [4.78, 5) is 4.42. The summed E-state index contributed by atoms with van der Waals surface area (Å²) < 4.78 is 0. The van der Waals surface area contributed by atoms with E-state index >= 15 is 0 Å². The number of nitrogens with zero attached hydrogens (tertiary/aromatic N) is 2. The Morgan fingerprint density at radius 2 is 2.08 bits per heavy atom. The van der Waals surface area contributed by atoms with Crippen molar-refractivity contribution in [2.24, 2.45) is 5.73 Å². The van der Waals surface area contributed by atoms with Crippen LogP contribution in [0, 0.1) is 0 Å². The fourth-order valence-corrected chi connectivity index (χ4v) is 1.14. The van der Waals surface area contributed by atoms with Crippen molar-refractivity contribution in [2.75, 3.05) is 40.6 Å². The van der Waals surface area contributed by atoms with Crippen LogP contribution in [-0.4, -0.2) is 50.4 Å². The molecule has 74 valence electrons. The summed E-state index contributed by atoms with van der Waals surface area (Å²) in [5.41, 5.74) is 5.49. The first-order valence-corrected chi connectivity index (χ1v) is 4.50. The van der Waals surface area contributed by atoms with Crippen LogP contribution < -0.4 is 11.1 Å². The molecule has 0 unspecified atom stereocenters. The van der Waals surface area contributed by atoms with Crippen LogP contribution >= 0.6 is 0 Å². The van der Waals surface area contributed by atoms with E-state index in [0.29, 0.717) is 6.67 Å². The fraction of sp³-hybridized carbons (Fsp3) is 1.00. The van der Waals surface area contributed by atoms with Crippen molar-refractivity contribution in [2.45, 2.75) is 13.3 Å². The first kappa shape index (κ1) is 11.8. The molecule has 0 heterocycles. The molecule has 0 aliphatic carbocycles. The second-order valence-corrected chi connectivity index (χ2v) is 3.09. The standard InChI is InChI=1S/C8H22N4/c1-4-5-12(7-10-2)8-11(3)6-9/h10H,4-9H2,1-3H3. The molecule has 0 aromatic carbocycles. The van der Waals surface area contributed by atoms with Gasteiger partial charge in [0.1, 0.15) is 0 Å². The van der Waals surface area contributed by atoms with Crippen LogP contribution in [0.1, 0.15) is 13.3 Å². The van der Waals surface area contributed by atoms with Gasteiger partial charge in [-0.3, -0.25) is 9.80 Å². The van der Waals surface area contributed by atoms with E-state index in [9.17, 15) is 0 Å². The lowest BCUT2D eigenvalue weighted by Crippen LogP contribution is -2.42. The second kappa shape index (κ2) is 7.49. The van der Waals surface area contributed by atoms with E-state index in [1.165, 1.54) is 6.42 Å². The fourth-order valence-electron chi connectivity index (χ4n) is 1.14. The average molecular weight is 174 g/mol. The van der Waals surface area contributed by atoms with Gasteiger partial charge < -0.3 is 11.1 Å². The predicted molar refractivity (Wildman–Crippen MR) is 52.6 cm³/mol. The van der Waals surface area contributed by atoms with E-state index in [2.05, 4.69) is 22.0 Å². The van der Waals surface area contributed by atoms with Gasteiger partial charge in [0, 0.05) is 19.9 Å². The molecular weight excluding hydrogens is 152 g/mol. The monoisotopic (exact) mass is 174 g/mol. The molecule has 0 aromatic heterocycles. The largest absolute Gasteiger partial charge is 0.318 e. The van der Waals surface area contributed by atoms with Crippen LogP contribution in [0.3, 0.4) is 0 Å². The van der Waals surface area contributed by atoms with Crippen molar-refractivity contribution in [1.82, 2.24) is 15.1 Å². The van der Waals surface area contributed by atoms with Crippen molar-refractivity contribution in [3.05, 3.63) is 0 Å². The summed E-state index contributed by atoms with van der Waals surface area (Å²) in [5, 5.41) is 3.14. The second-order valence-electron chi connectivity index (χ2n) is 3.09. The van der Waals surface area contributed by atoms with Crippen LogP contribution in [0.15, 0.2) is 0 Å². The molecule has 0 amide bonds. The van der Waals surface area contributed by atoms with E-state index in [0.717, 1.165) is 19.9 Å². The Morgan fingerprint density at radius 1 is 1.42 bits per heavy atom. The Morgan fingerprint density at radius 3 is 2.50 bits per heavy atom. The average Bonchev–Trinajstić information content (AvgIpc) is 2.05. The molecule has 0 atom stereocenters. The predicted octanol–water partition coefficient (Wildman–Crippen LogP) is -0.319. The molecule has 0 saturated carbocycles. The highest BCUT2D eigenvalue weighted by molar-refractivity contribution is 4.53. The molecule has 0 aromatic rings. The molecule has 0 fully saturated rings. The van der Waals surface area contributed by atoms with Crippen molar-refractivity contribution in [3.8, 4) is 0 Å². The summed E-state index contributed by atoms with van der Waals surface area (Å²) >= 11 is 0. The summed E-state index contributed by atoms with van der Waals surface area (Å²) in [5.74, 6) is 0. The van der Waals surface area contributed by atoms with Gasteiger partial charge in [-0.15, -0.1) is 0 Å². The lowest BCUT2D eigenvalue weighted by atomic mass is 10.4. The maximum atomic E-state index is 5.49. The highest BCUT2D eigenvalue weighted by Gasteiger charge is 2.03. The number of hydrogen-bond acceptors (Lipinski definition) is 4. The third kappa shape index (κ3) is 5.49. The van der Waals surface area contributed by atoms with Gasteiger partial charge in [0.25, 0.3) is 0 Å². The van der Waals surface area contributed by atoms with Crippen LogP contribution in [0.5, 0.6) is 0 Å². The van der Waals surface area contributed by atoms with Crippen LogP contribution in [-0.2, 0) is 0 Å². The van der Waals surface area contributed by atoms with Crippen molar-refractivity contribution < 1.29 is 0 Å². The molecule has 4 nitrogen and oxygen atoms in total. The van der Waals surface area contributed by atoms with E-state index < -0.39 is 0 Å². The van der Waals surface area contributed by atoms with Crippen molar-refractivity contribution in [1.29, 1.82) is 0 Å². The zero-order chi connectivity index (χ0) is 9.40. The quantitative estimate of drug-likeness (QED) is 0.519. The number of hydrogen-bond donors (Lipinski definition) is 2. The summed E-state index contributed by atoms with van der Waals surface area (Å²) in [6, 6.07) is 0. The minimum atomic E-state index is 0.615. The van der Waals surface area contributed by atoms with E-state index in [1.54, 1.807) is 0 Å². The third-order valence-corrected chi connectivity index (χ3v) is 1.67. The third-order valence-electron chi connectivity index (χ3n) is 1.67. The number of rotatable bonds is 7. The van der Waals surface area contributed by atoms with E-state index in [-0.39, 0.29) is 0 Å². The molecule has 0 saturated heterocycles. The first-order valence-electron chi connectivity index (χ1n) is 4.50. The van der Waals surface area contributed by atoms with E-state index in [4.69, 9.17) is 5.73 Å². The molecule has 0 radical (unpaired) electrons. The lowest BCUT2D eigenvalue weighted by Gasteiger charge is -2.26. The van der Waals surface area contributed by atoms with E-state index in [1.807, 2.05) is 14.1 Å². The van der Waals surface area contributed by atoms with Gasteiger partial charge in [-0.2, -0.15) is 0 Å². The maximum absolute atomic E-state index is 5.49. The molecule has 0 spiro atoms. The maximum Gasteiger partial charge on any atom is 0.0526 e. The topological polar surface area (TPSA) is 44.5 Å². The number of nitrogens with one attached hydrogen (secondary N) is 1. The summed E-state index contributed by atoms with van der Waals surface area (Å²) in [6.45, 7) is 5.78. The Hall–Kier alpha value is -0.160. The van der Waals surface area contributed by atoms with Gasteiger partial charge in [-0.25, -0.2) is 0 Å². The molecule has 0 bridgehead atoms. The summed E-state index contributed by atoms with van der Waals surface area (Å²) in [6.07, 6.45) is 1.18. The van der Waals surface area contributed by atoms with Crippen LogP contribution in [0.25, 0.3) is 0 Å². The highest BCUT2D eigenvalue weighted by atomic mass is 15.3. The SMILES string of the molecule is CCCN(CNC)CN(C)CN. The molecule has 4 heteroatoms. The minimum absolute atomic E-state index is 0.615. The zero-order valence-corrected chi connectivity index (χ0v) is 8.51. The Balaban J connectivity index is 3.61. The number of nitrogens with two attached hydrogens (primary N) is 1. The normalized spacial score (nSPS) is 11.5. The Kier molecular flexibility index (Phi) is 7.39. The molecule has 12 heavy (non-hydrogen) atoms. The molecule has 0 aliphatic heterocycles. The molecule has 0 rings (SSSR count). The molecule has 3 N–H and O–H groups in total. The van der Waals surface area contributed by atoms with Gasteiger partial charge >= 0.3 is 0 Å². The molecule has 0 aliphatic rings. The van der Waals surface area contributed by atoms with Crippen LogP contribution in [0.4, 0.5) is 0 Å². The van der Waals surface area contributed by atoms with Crippen molar-refractivity contribution in [3.63, 3.8) is 0 Å². The zero-order valence-electron chi connectivity index (χ0n) is 8.51. The van der Waals surface area contributed by atoms with Crippen molar-refractivity contribution >= 4 is 0 Å². The summed E-state index contributed by atoms with van der Waals surface area (Å²) in [7, 11) is 3.99. The van der Waals surface area contributed by atoms with Gasteiger partial charge in [0.15, 0.2) is 0 Å².